The van der Waals surface area contributed by atoms with Gasteiger partial charge in [0, 0.05) is 5.39 Å². The minimum Gasteiger partial charge on any atom is -0.515 e. The van der Waals surface area contributed by atoms with Crippen molar-refractivity contribution in [3.63, 3.8) is 0 Å². The van der Waals surface area contributed by atoms with Gasteiger partial charge < -0.3 is 9.84 Å². The predicted octanol–water partition coefficient (Wildman–Crippen LogP) is 3.21. The summed E-state index contributed by atoms with van der Waals surface area (Å²) in [6.45, 7) is 1.49. The van der Waals surface area contributed by atoms with Crippen LogP contribution in [0.3, 0.4) is 0 Å². The minimum absolute atomic E-state index is 0.165. The SMILES string of the molecule is CC(=CO)C(=O)Oc1cccc2ccccc12. The van der Waals surface area contributed by atoms with Crippen molar-refractivity contribution in [2.24, 2.45) is 0 Å². The normalized spacial score (nSPS) is 11.5. The number of esters is 1. The highest BCUT2D eigenvalue weighted by Gasteiger charge is 2.09. The van der Waals surface area contributed by atoms with Crippen LogP contribution in [0.15, 0.2) is 54.3 Å². The molecule has 0 radical (unpaired) electrons. The van der Waals surface area contributed by atoms with Crippen molar-refractivity contribution in [1.29, 1.82) is 0 Å². The molecule has 0 fully saturated rings. The number of carbonyl (C=O) groups is 1. The van der Waals surface area contributed by atoms with Crippen LogP contribution in [-0.2, 0) is 4.79 Å². The van der Waals surface area contributed by atoms with Gasteiger partial charge in [-0.1, -0.05) is 36.4 Å². The third-order valence-corrected chi connectivity index (χ3v) is 2.47. The predicted molar refractivity (Wildman–Crippen MR) is 66.0 cm³/mol. The minimum atomic E-state index is -0.552. The average molecular weight is 228 g/mol. The van der Waals surface area contributed by atoms with Crippen molar-refractivity contribution in [2.45, 2.75) is 6.92 Å². The summed E-state index contributed by atoms with van der Waals surface area (Å²) in [4.78, 5) is 11.5. The molecular weight excluding hydrogens is 216 g/mol. The molecule has 0 spiro atoms. The number of hydrogen-bond donors (Lipinski definition) is 1. The molecule has 2 rings (SSSR count). The van der Waals surface area contributed by atoms with Crippen molar-refractivity contribution >= 4 is 16.7 Å². The molecule has 3 nitrogen and oxygen atoms in total. The molecule has 0 amide bonds. The summed E-state index contributed by atoms with van der Waals surface area (Å²) in [6, 6.07) is 13.1. The van der Waals surface area contributed by atoms with Crippen molar-refractivity contribution in [3.05, 3.63) is 54.3 Å². The van der Waals surface area contributed by atoms with Crippen molar-refractivity contribution < 1.29 is 14.6 Å². The highest BCUT2D eigenvalue weighted by Crippen LogP contribution is 2.25. The molecule has 0 aromatic heterocycles. The average Bonchev–Trinajstić information content (AvgIpc) is 2.38. The molecule has 2 aromatic rings. The molecule has 2 aromatic carbocycles. The zero-order valence-electron chi connectivity index (χ0n) is 9.38. The van der Waals surface area contributed by atoms with Gasteiger partial charge in [-0.05, 0) is 18.4 Å². The zero-order chi connectivity index (χ0) is 12.3. The second-order valence-electron chi connectivity index (χ2n) is 3.68. The lowest BCUT2D eigenvalue weighted by molar-refractivity contribution is -0.130. The highest BCUT2D eigenvalue weighted by molar-refractivity contribution is 5.94. The van der Waals surface area contributed by atoms with Gasteiger partial charge in [0.05, 0.1) is 11.8 Å². The number of carbonyl (C=O) groups excluding carboxylic acids is 1. The third kappa shape index (κ3) is 2.28. The van der Waals surface area contributed by atoms with Gasteiger partial charge in [0.15, 0.2) is 0 Å². The Morgan fingerprint density at radius 3 is 2.65 bits per heavy atom. The van der Waals surface area contributed by atoms with Crippen LogP contribution in [0.5, 0.6) is 5.75 Å². The van der Waals surface area contributed by atoms with E-state index in [1.807, 2.05) is 36.4 Å². The van der Waals surface area contributed by atoms with Gasteiger partial charge in [-0.25, -0.2) is 4.79 Å². The summed E-state index contributed by atoms with van der Waals surface area (Å²) >= 11 is 0. The van der Waals surface area contributed by atoms with Gasteiger partial charge in [0.2, 0.25) is 0 Å². The number of hydrogen-bond acceptors (Lipinski definition) is 3. The Hall–Kier alpha value is -2.29. The van der Waals surface area contributed by atoms with E-state index in [9.17, 15) is 4.79 Å². The monoisotopic (exact) mass is 228 g/mol. The van der Waals surface area contributed by atoms with Crippen LogP contribution >= 0.6 is 0 Å². The second kappa shape index (κ2) is 4.70. The van der Waals surface area contributed by atoms with Crippen LogP contribution in [0.2, 0.25) is 0 Å². The van der Waals surface area contributed by atoms with Gasteiger partial charge in [-0.2, -0.15) is 0 Å². The molecule has 0 saturated heterocycles. The second-order valence-corrected chi connectivity index (χ2v) is 3.68. The Morgan fingerprint density at radius 2 is 1.88 bits per heavy atom. The number of aliphatic hydroxyl groups is 1. The molecule has 0 aliphatic heterocycles. The fraction of sp³-hybridized carbons (Fsp3) is 0.0714. The molecule has 0 aliphatic carbocycles. The molecule has 17 heavy (non-hydrogen) atoms. The number of rotatable bonds is 2. The van der Waals surface area contributed by atoms with Crippen molar-refractivity contribution in [1.82, 2.24) is 0 Å². The molecule has 0 unspecified atom stereocenters. The first kappa shape index (κ1) is 11.2. The van der Waals surface area contributed by atoms with E-state index in [2.05, 4.69) is 0 Å². The largest absolute Gasteiger partial charge is 0.515 e. The maximum Gasteiger partial charge on any atom is 0.342 e. The molecule has 3 heteroatoms. The van der Waals surface area contributed by atoms with Gasteiger partial charge in [0.25, 0.3) is 0 Å². The summed E-state index contributed by atoms with van der Waals surface area (Å²) in [6.07, 6.45) is 0.744. The van der Waals surface area contributed by atoms with Crippen LogP contribution in [0, 0.1) is 0 Å². The standard InChI is InChI=1S/C14H12O3/c1-10(9-15)14(16)17-13-8-4-6-11-5-2-3-7-12(11)13/h2-9,15H,1H3. The molecule has 0 saturated carbocycles. The lowest BCUT2D eigenvalue weighted by atomic mass is 10.1. The summed E-state index contributed by atoms with van der Waals surface area (Å²) in [5, 5.41) is 10.6. The number of benzene rings is 2. The van der Waals surface area contributed by atoms with E-state index in [-0.39, 0.29) is 5.57 Å². The smallest absolute Gasteiger partial charge is 0.342 e. The fourth-order valence-electron chi connectivity index (χ4n) is 1.52. The lowest BCUT2D eigenvalue weighted by Crippen LogP contribution is -2.09. The molecule has 0 aliphatic rings. The fourth-order valence-corrected chi connectivity index (χ4v) is 1.52. The van der Waals surface area contributed by atoms with E-state index in [0.29, 0.717) is 5.75 Å². The molecule has 0 heterocycles. The molecular formula is C14H12O3. The van der Waals surface area contributed by atoms with Gasteiger partial charge in [-0.15, -0.1) is 0 Å². The van der Waals surface area contributed by atoms with E-state index in [1.165, 1.54) is 6.92 Å². The summed E-state index contributed by atoms with van der Waals surface area (Å²) < 4.78 is 5.21. The summed E-state index contributed by atoms with van der Waals surface area (Å²) in [5.41, 5.74) is 0.165. The topological polar surface area (TPSA) is 46.5 Å². The summed E-state index contributed by atoms with van der Waals surface area (Å²) in [7, 11) is 0. The molecule has 1 N–H and O–H groups in total. The van der Waals surface area contributed by atoms with Crippen LogP contribution < -0.4 is 4.74 Å². The Labute approximate surface area is 99.0 Å². The number of aliphatic hydroxyl groups excluding tert-OH is 1. The van der Waals surface area contributed by atoms with E-state index >= 15 is 0 Å². The number of fused-ring (bicyclic) bond motifs is 1. The van der Waals surface area contributed by atoms with Crippen LogP contribution in [0.25, 0.3) is 10.8 Å². The van der Waals surface area contributed by atoms with Crippen molar-refractivity contribution in [3.8, 4) is 5.75 Å². The molecule has 0 atom stereocenters. The third-order valence-electron chi connectivity index (χ3n) is 2.47. The molecule has 0 bridgehead atoms. The summed E-state index contributed by atoms with van der Waals surface area (Å²) in [5.74, 6) is -0.0573. The van der Waals surface area contributed by atoms with E-state index in [4.69, 9.17) is 9.84 Å². The van der Waals surface area contributed by atoms with Crippen LogP contribution in [0.1, 0.15) is 6.92 Å². The molecule has 86 valence electrons. The van der Waals surface area contributed by atoms with Crippen LogP contribution in [-0.4, -0.2) is 11.1 Å². The van der Waals surface area contributed by atoms with E-state index in [1.54, 1.807) is 6.07 Å². The van der Waals surface area contributed by atoms with Crippen molar-refractivity contribution in [2.75, 3.05) is 0 Å². The van der Waals surface area contributed by atoms with E-state index in [0.717, 1.165) is 17.0 Å². The zero-order valence-corrected chi connectivity index (χ0v) is 9.38. The maximum atomic E-state index is 11.5. The lowest BCUT2D eigenvalue weighted by Gasteiger charge is -2.07. The Morgan fingerprint density at radius 1 is 1.18 bits per heavy atom. The first-order chi connectivity index (χ1) is 8.22. The van der Waals surface area contributed by atoms with Gasteiger partial charge >= 0.3 is 5.97 Å². The van der Waals surface area contributed by atoms with Crippen LogP contribution in [0.4, 0.5) is 0 Å². The quantitative estimate of drug-likeness (QED) is 0.371. The Bertz CT molecular complexity index is 580. The first-order valence-corrected chi connectivity index (χ1v) is 5.23. The van der Waals surface area contributed by atoms with Gasteiger partial charge in [-0.3, -0.25) is 0 Å². The number of ether oxygens (including phenoxy) is 1. The maximum absolute atomic E-state index is 11.5. The highest BCUT2D eigenvalue weighted by atomic mass is 16.5. The first-order valence-electron chi connectivity index (χ1n) is 5.23. The van der Waals surface area contributed by atoms with Gasteiger partial charge in [0.1, 0.15) is 5.75 Å². The Kier molecular flexibility index (Phi) is 3.10. The Balaban J connectivity index is 2.40. The van der Waals surface area contributed by atoms with E-state index < -0.39 is 5.97 Å².